The van der Waals surface area contributed by atoms with Gasteiger partial charge in [-0.15, -0.1) is 87.1 Å². The van der Waals surface area contributed by atoms with E-state index in [0.717, 1.165) is 119 Å². The zero-order chi connectivity index (χ0) is 67.9. The molecular formula is C93H60IrN3O3S3. The van der Waals surface area contributed by atoms with Crippen molar-refractivity contribution in [2.24, 2.45) is 0 Å². The first kappa shape index (κ1) is 63.9. The predicted molar refractivity (Wildman–Crippen MR) is 430 cm³/mol. The second-order valence-corrected chi connectivity index (χ2v) is 28.8. The number of hydrogen-bond donors (Lipinski definition) is 0. The topological polar surface area (TPSA) is 78.1 Å². The Morgan fingerprint density at radius 2 is 0.563 bits per heavy atom. The van der Waals surface area contributed by atoms with Crippen LogP contribution in [0.2, 0.25) is 0 Å². The number of aryl methyl sites for hydroxylation is 3. The average Bonchev–Trinajstić information content (AvgIpc) is 1.61. The Morgan fingerprint density at radius 1 is 0.291 bits per heavy atom. The third-order valence-electron chi connectivity index (χ3n) is 20.0. The van der Waals surface area contributed by atoms with Crippen molar-refractivity contribution in [2.75, 3.05) is 0 Å². The van der Waals surface area contributed by atoms with Crippen molar-refractivity contribution in [3.05, 3.63) is 308 Å². The van der Waals surface area contributed by atoms with Gasteiger partial charge in [-0.25, -0.2) is 0 Å². The number of nitrogens with zero attached hydrogens (tertiary/aromatic N) is 3. The van der Waals surface area contributed by atoms with Crippen molar-refractivity contribution < 1.29 is 33.4 Å². The van der Waals surface area contributed by atoms with Gasteiger partial charge in [-0.3, -0.25) is 0 Å². The number of para-hydroxylation sites is 3. The van der Waals surface area contributed by atoms with Crippen LogP contribution < -0.4 is 0 Å². The molecule has 0 aliphatic carbocycles. The van der Waals surface area contributed by atoms with E-state index in [1.165, 1.54) is 110 Å². The number of pyridine rings is 3. The minimum atomic E-state index is 0. The molecule has 21 rings (SSSR count). The summed E-state index contributed by atoms with van der Waals surface area (Å²) < 4.78 is 26.8. The minimum absolute atomic E-state index is 0. The summed E-state index contributed by atoms with van der Waals surface area (Å²) in [6.07, 6.45) is 8.73. The molecule has 492 valence electrons. The van der Waals surface area contributed by atoms with Crippen LogP contribution in [0.5, 0.6) is 0 Å². The summed E-state index contributed by atoms with van der Waals surface area (Å²) in [5.41, 5.74) is 21.4. The van der Waals surface area contributed by atoms with Crippen molar-refractivity contribution >= 4 is 160 Å². The number of furan rings is 3. The fraction of sp³-hybridized carbons (Fsp3) is 0.0645. The fourth-order valence-electron chi connectivity index (χ4n) is 14.9. The summed E-state index contributed by atoms with van der Waals surface area (Å²) in [6.45, 7) is 6.52. The first-order valence-corrected chi connectivity index (χ1v) is 37.1. The fourth-order valence-corrected chi connectivity index (χ4v) is 18.7. The Bertz CT molecular complexity index is 6180. The van der Waals surface area contributed by atoms with E-state index in [4.69, 9.17) is 28.2 Å². The molecule has 10 heteroatoms. The molecule has 6 nitrogen and oxygen atoms in total. The van der Waals surface area contributed by atoms with E-state index in [2.05, 4.69) is 257 Å². The Morgan fingerprint density at radius 3 is 0.845 bits per heavy atom. The first-order chi connectivity index (χ1) is 50.4. The van der Waals surface area contributed by atoms with Gasteiger partial charge >= 0.3 is 20.1 Å². The van der Waals surface area contributed by atoms with E-state index in [-0.39, 0.29) is 20.1 Å². The van der Waals surface area contributed by atoms with Crippen LogP contribution in [-0.4, -0.2) is 15.0 Å². The minimum Gasteiger partial charge on any atom is -0.501 e. The van der Waals surface area contributed by atoms with Crippen LogP contribution in [0.3, 0.4) is 0 Å². The van der Waals surface area contributed by atoms with Gasteiger partial charge in [0.1, 0.15) is 16.7 Å². The maximum Gasteiger partial charge on any atom is 3.00 e. The summed E-state index contributed by atoms with van der Waals surface area (Å²) in [5, 5.41) is 14.8. The maximum atomic E-state index is 6.32. The molecule has 9 aromatic heterocycles. The van der Waals surface area contributed by atoms with Crippen molar-refractivity contribution in [1.82, 2.24) is 15.0 Å². The Balaban J connectivity index is 0.000000110. The van der Waals surface area contributed by atoms with Gasteiger partial charge in [-0.2, -0.15) is 0 Å². The number of fused-ring (bicyclic) bond motifs is 18. The van der Waals surface area contributed by atoms with E-state index in [9.17, 15) is 0 Å². The van der Waals surface area contributed by atoms with Gasteiger partial charge in [-0.05, 0) is 70.2 Å². The summed E-state index contributed by atoms with van der Waals surface area (Å²) >= 11 is 5.53. The smallest absolute Gasteiger partial charge is 0.501 e. The van der Waals surface area contributed by atoms with Crippen LogP contribution in [0.25, 0.3) is 193 Å². The number of rotatable bonds is 9. The predicted octanol–water partition coefficient (Wildman–Crippen LogP) is 27.1. The zero-order valence-corrected chi connectivity index (χ0v) is 61.1. The molecule has 0 aliphatic heterocycles. The molecule has 0 N–H and O–H groups in total. The van der Waals surface area contributed by atoms with Crippen molar-refractivity contribution in [3.8, 4) is 67.2 Å². The molecule has 0 radical (unpaired) electrons. The maximum absolute atomic E-state index is 6.32. The molecule has 0 saturated heterocycles. The molecule has 0 aliphatic rings. The monoisotopic (exact) mass is 1560 g/mol. The van der Waals surface area contributed by atoms with Crippen LogP contribution in [0.4, 0.5) is 0 Å². The quantitative estimate of drug-likeness (QED) is 0.134. The van der Waals surface area contributed by atoms with Crippen LogP contribution >= 0.6 is 34.0 Å². The summed E-state index contributed by atoms with van der Waals surface area (Å²) in [6, 6.07) is 99.6. The standard InChI is InChI=1S/3C31H20NOS.Ir/c3*1-2-19-14-16-24(30-29(19)25-9-3-5-12-27(25)33-30)26-17-15-20(18-32-26)21-10-7-11-23-22-8-4-6-13-28(22)34-31(21)23;/h3*3-15,17-18H,2H2,1H3;/q3*-1;+3. The van der Waals surface area contributed by atoms with Crippen LogP contribution in [0.15, 0.2) is 287 Å². The number of aromatic nitrogens is 3. The van der Waals surface area contributed by atoms with Gasteiger partial charge in [0.15, 0.2) is 0 Å². The van der Waals surface area contributed by atoms with Gasteiger partial charge in [0, 0.05) is 112 Å². The Kier molecular flexibility index (Phi) is 16.5. The van der Waals surface area contributed by atoms with E-state index in [1.54, 1.807) is 0 Å². The Labute approximate surface area is 619 Å². The molecule has 0 atom stereocenters. The van der Waals surface area contributed by atoms with Crippen LogP contribution in [0.1, 0.15) is 37.5 Å². The molecule has 0 saturated carbocycles. The van der Waals surface area contributed by atoms with Crippen molar-refractivity contribution in [3.63, 3.8) is 0 Å². The molecule has 0 fully saturated rings. The van der Waals surface area contributed by atoms with E-state index < -0.39 is 0 Å². The number of thiophene rings is 3. The molecule has 12 aromatic carbocycles. The average molecular weight is 1560 g/mol. The van der Waals surface area contributed by atoms with Gasteiger partial charge in [0.2, 0.25) is 0 Å². The van der Waals surface area contributed by atoms with Gasteiger partial charge in [0.25, 0.3) is 0 Å². The third-order valence-corrected chi connectivity index (χ3v) is 23.6. The number of benzene rings is 12. The second kappa shape index (κ2) is 26.6. The number of hydrogen-bond acceptors (Lipinski definition) is 9. The SMILES string of the molecule is CCc1c[c-]c(-c2ccc(-c3cccc4c3sc3ccccc34)cn2)c2oc3ccccc3c12.CCc1c[c-]c(-c2ccc(-c3cccc4c3sc3ccccc34)cn2)c2oc3ccccc3c12.CCc1c[c-]c(-c2ccc(-c3cccc4c3sc3ccccc34)cn2)c2oc3ccccc3c12.[Ir+3]. The normalized spacial score (nSPS) is 11.7. The Hall–Kier alpha value is -11.2. The van der Waals surface area contributed by atoms with Crippen molar-refractivity contribution in [1.29, 1.82) is 0 Å². The molecule has 0 bridgehead atoms. The zero-order valence-electron chi connectivity index (χ0n) is 56.2. The summed E-state index contributed by atoms with van der Waals surface area (Å²) in [4.78, 5) is 14.6. The first-order valence-electron chi connectivity index (χ1n) is 34.6. The molecule has 21 aromatic rings. The van der Waals surface area contributed by atoms with E-state index in [1.807, 2.05) is 89.0 Å². The molecule has 0 unspecified atom stereocenters. The molecular weight excluding hydrogens is 1500 g/mol. The van der Waals surface area contributed by atoms with Gasteiger partial charge in [0.05, 0.1) is 16.7 Å². The van der Waals surface area contributed by atoms with Crippen LogP contribution in [-0.2, 0) is 39.4 Å². The summed E-state index contributed by atoms with van der Waals surface area (Å²) in [5.74, 6) is 0. The molecule has 0 spiro atoms. The third kappa shape index (κ3) is 10.9. The van der Waals surface area contributed by atoms with E-state index in [0.29, 0.717) is 0 Å². The van der Waals surface area contributed by atoms with Crippen molar-refractivity contribution in [2.45, 2.75) is 40.0 Å². The summed E-state index contributed by atoms with van der Waals surface area (Å²) in [7, 11) is 0. The van der Waals surface area contributed by atoms with Crippen LogP contribution in [0, 0.1) is 18.2 Å². The molecule has 9 heterocycles. The largest absolute Gasteiger partial charge is 3.00 e. The van der Waals surface area contributed by atoms with Gasteiger partial charge in [-0.1, -0.05) is 273 Å². The molecule has 103 heavy (non-hydrogen) atoms. The van der Waals surface area contributed by atoms with E-state index >= 15 is 0 Å². The second-order valence-electron chi connectivity index (χ2n) is 25.7. The molecule has 0 amide bonds. The van der Waals surface area contributed by atoms with Gasteiger partial charge < -0.3 is 28.2 Å².